The summed E-state index contributed by atoms with van der Waals surface area (Å²) in [7, 11) is 0. The Balaban J connectivity index is 2.15. The first-order valence-electron chi connectivity index (χ1n) is 6.30. The van der Waals surface area contributed by atoms with E-state index in [1.54, 1.807) is 19.1 Å². The molecule has 0 spiro atoms. The van der Waals surface area contributed by atoms with Gasteiger partial charge in [-0.2, -0.15) is 0 Å². The number of carbonyl (C=O) groups excluding carboxylic acids is 1. The summed E-state index contributed by atoms with van der Waals surface area (Å²) in [5.41, 5.74) is 1.99. The summed E-state index contributed by atoms with van der Waals surface area (Å²) in [4.78, 5) is 12.2. The molecule has 2 aromatic carbocycles. The molecule has 0 aliphatic rings. The van der Waals surface area contributed by atoms with Crippen molar-refractivity contribution in [3.63, 3.8) is 0 Å². The van der Waals surface area contributed by atoms with Crippen LogP contribution in [0.25, 0.3) is 0 Å². The molecule has 1 unspecified atom stereocenters. The second-order valence-electron chi connectivity index (χ2n) is 4.68. The zero-order valence-corrected chi connectivity index (χ0v) is 13.4. The third-order valence-corrected chi connectivity index (χ3v) is 4.10. The lowest BCUT2D eigenvalue weighted by molar-refractivity contribution is 0.0939. The van der Waals surface area contributed by atoms with Crippen molar-refractivity contribution in [3.05, 3.63) is 68.5 Å². The van der Waals surface area contributed by atoms with Crippen LogP contribution in [-0.2, 0) is 0 Å². The van der Waals surface area contributed by atoms with Gasteiger partial charge in [0.15, 0.2) is 0 Å². The Labute approximate surface area is 131 Å². The second-order valence-corrected chi connectivity index (χ2v) is 5.85. The molecule has 0 heterocycles. The van der Waals surface area contributed by atoms with Crippen LogP contribution in [-0.4, -0.2) is 5.91 Å². The van der Waals surface area contributed by atoms with Crippen molar-refractivity contribution in [1.82, 2.24) is 5.32 Å². The van der Waals surface area contributed by atoms with Crippen LogP contribution < -0.4 is 5.32 Å². The summed E-state index contributed by atoms with van der Waals surface area (Å²) in [5, 5.41) is 2.89. The van der Waals surface area contributed by atoms with Gasteiger partial charge in [0.2, 0.25) is 0 Å². The second kappa shape index (κ2) is 6.35. The predicted molar refractivity (Wildman–Crippen MR) is 86.2 cm³/mol. The van der Waals surface area contributed by atoms with E-state index in [1.165, 1.54) is 6.07 Å². The SMILES string of the molecule is Cc1ccc(C(C)NC(=O)c2ccccc2I)cc1F. The van der Waals surface area contributed by atoms with Crippen molar-refractivity contribution in [1.29, 1.82) is 0 Å². The Morgan fingerprint density at radius 2 is 1.95 bits per heavy atom. The van der Waals surface area contributed by atoms with Crippen LogP contribution in [0.4, 0.5) is 4.39 Å². The van der Waals surface area contributed by atoms with Crippen molar-refractivity contribution in [2.45, 2.75) is 19.9 Å². The minimum atomic E-state index is -0.252. The molecule has 104 valence electrons. The number of hydrogen-bond acceptors (Lipinski definition) is 1. The van der Waals surface area contributed by atoms with Crippen LogP contribution >= 0.6 is 22.6 Å². The molecular formula is C16H15FINO. The topological polar surface area (TPSA) is 29.1 Å². The average molecular weight is 383 g/mol. The molecule has 1 amide bonds. The smallest absolute Gasteiger partial charge is 0.252 e. The van der Waals surface area contributed by atoms with E-state index >= 15 is 0 Å². The summed E-state index contributed by atoms with van der Waals surface area (Å²) in [6.45, 7) is 3.56. The third-order valence-electron chi connectivity index (χ3n) is 3.16. The quantitative estimate of drug-likeness (QED) is 0.790. The zero-order valence-electron chi connectivity index (χ0n) is 11.3. The van der Waals surface area contributed by atoms with Gasteiger partial charge in [0.05, 0.1) is 11.6 Å². The van der Waals surface area contributed by atoms with Crippen molar-refractivity contribution in [3.8, 4) is 0 Å². The van der Waals surface area contributed by atoms with Crippen molar-refractivity contribution in [2.24, 2.45) is 0 Å². The molecule has 2 aromatic rings. The molecule has 0 saturated heterocycles. The highest BCUT2D eigenvalue weighted by Crippen LogP contribution is 2.18. The van der Waals surface area contributed by atoms with E-state index in [1.807, 2.05) is 31.2 Å². The Hall–Kier alpha value is -1.43. The van der Waals surface area contributed by atoms with Crippen molar-refractivity contribution < 1.29 is 9.18 Å². The lowest BCUT2D eigenvalue weighted by Crippen LogP contribution is -2.27. The first-order valence-corrected chi connectivity index (χ1v) is 7.38. The van der Waals surface area contributed by atoms with Crippen molar-refractivity contribution in [2.75, 3.05) is 0 Å². The molecule has 4 heteroatoms. The van der Waals surface area contributed by atoms with Crippen LogP contribution in [0.5, 0.6) is 0 Å². The molecule has 0 aromatic heterocycles. The Kier molecular flexibility index (Phi) is 4.75. The minimum Gasteiger partial charge on any atom is -0.345 e. The number of amides is 1. The Morgan fingerprint density at radius 3 is 2.60 bits per heavy atom. The van der Waals surface area contributed by atoms with Gasteiger partial charge >= 0.3 is 0 Å². The first kappa shape index (κ1) is 15.0. The van der Waals surface area contributed by atoms with Gasteiger partial charge in [-0.05, 0) is 65.8 Å². The van der Waals surface area contributed by atoms with Crippen LogP contribution in [0.15, 0.2) is 42.5 Å². The number of carbonyl (C=O) groups is 1. The fourth-order valence-electron chi connectivity index (χ4n) is 1.88. The van der Waals surface area contributed by atoms with E-state index in [4.69, 9.17) is 0 Å². The standard InChI is InChI=1S/C16H15FINO/c1-10-7-8-12(9-14(10)17)11(2)19-16(20)13-5-3-4-6-15(13)18/h3-9,11H,1-2H3,(H,19,20). The maximum absolute atomic E-state index is 13.6. The van der Waals surface area contributed by atoms with Gasteiger partial charge in [0.1, 0.15) is 5.82 Å². The highest BCUT2D eigenvalue weighted by Gasteiger charge is 2.14. The lowest BCUT2D eigenvalue weighted by Gasteiger charge is -2.15. The Morgan fingerprint density at radius 1 is 1.25 bits per heavy atom. The maximum Gasteiger partial charge on any atom is 0.252 e. The monoisotopic (exact) mass is 383 g/mol. The van der Waals surface area contributed by atoms with Crippen LogP contribution in [0.1, 0.15) is 34.5 Å². The molecule has 20 heavy (non-hydrogen) atoms. The summed E-state index contributed by atoms with van der Waals surface area (Å²) in [6.07, 6.45) is 0. The van der Waals surface area contributed by atoms with Gasteiger partial charge in [0.25, 0.3) is 5.91 Å². The van der Waals surface area contributed by atoms with Gasteiger partial charge in [-0.3, -0.25) is 4.79 Å². The third kappa shape index (κ3) is 3.36. The number of aryl methyl sites for hydroxylation is 1. The predicted octanol–water partition coefficient (Wildman–Crippen LogP) is 4.23. The first-order chi connectivity index (χ1) is 9.49. The van der Waals surface area contributed by atoms with Crippen LogP contribution in [0.3, 0.4) is 0 Å². The van der Waals surface area contributed by atoms with Gasteiger partial charge in [0, 0.05) is 3.57 Å². The van der Waals surface area contributed by atoms with E-state index in [2.05, 4.69) is 27.9 Å². The molecule has 0 aliphatic heterocycles. The summed E-state index contributed by atoms with van der Waals surface area (Å²) in [5.74, 6) is -0.402. The fraction of sp³-hybridized carbons (Fsp3) is 0.188. The van der Waals surface area contributed by atoms with E-state index < -0.39 is 0 Å². The molecule has 2 rings (SSSR count). The summed E-state index contributed by atoms with van der Waals surface area (Å²) < 4.78 is 14.4. The van der Waals surface area contributed by atoms with Gasteiger partial charge in [-0.15, -0.1) is 0 Å². The molecule has 1 atom stereocenters. The molecule has 1 N–H and O–H groups in total. The van der Waals surface area contributed by atoms with E-state index in [0.29, 0.717) is 11.1 Å². The number of nitrogens with one attached hydrogen (secondary N) is 1. The molecule has 0 fully saturated rings. The number of halogens is 2. The molecule has 0 radical (unpaired) electrons. The minimum absolute atomic E-state index is 0.150. The van der Waals surface area contributed by atoms with Crippen LogP contribution in [0.2, 0.25) is 0 Å². The molecule has 0 bridgehead atoms. The maximum atomic E-state index is 13.6. The van der Waals surface area contributed by atoms with Gasteiger partial charge < -0.3 is 5.32 Å². The van der Waals surface area contributed by atoms with E-state index in [-0.39, 0.29) is 17.8 Å². The lowest BCUT2D eigenvalue weighted by atomic mass is 10.1. The zero-order chi connectivity index (χ0) is 14.7. The van der Waals surface area contributed by atoms with Gasteiger partial charge in [-0.25, -0.2) is 4.39 Å². The van der Waals surface area contributed by atoms with E-state index in [0.717, 1.165) is 9.13 Å². The summed E-state index contributed by atoms with van der Waals surface area (Å²) in [6, 6.07) is 12.2. The molecular weight excluding hydrogens is 368 g/mol. The Bertz CT molecular complexity index is 642. The van der Waals surface area contributed by atoms with Crippen molar-refractivity contribution >= 4 is 28.5 Å². The number of hydrogen-bond donors (Lipinski definition) is 1. The fourth-order valence-corrected chi connectivity index (χ4v) is 2.51. The average Bonchev–Trinajstić information content (AvgIpc) is 2.42. The highest BCUT2D eigenvalue weighted by atomic mass is 127. The molecule has 0 aliphatic carbocycles. The largest absolute Gasteiger partial charge is 0.345 e. The number of rotatable bonds is 3. The van der Waals surface area contributed by atoms with Crippen LogP contribution in [0, 0.1) is 16.3 Å². The van der Waals surface area contributed by atoms with Gasteiger partial charge in [-0.1, -0.05) is 24.3 Å². The molecule has 2 nitrogen and oxygen atoms in total. The highest BCUT2D eigenvalue weighted by molar-refractivity contribution is 14.1. The summed E-state index contributed by atoms with van der Waals surface area (Å²) >= 11 is 2.13. The number of benzene rings is 2. The normalized spacial score (nSPS) is 12.0. The molecule has 0 saturated carbocycles. The van der Waals surface area contributed by atoms with E-state index in [9.17, 15) is 9.18 Å².